The van der Waals surface area contributed by atoms with Gasteiger partial charge in [0.25, 0.3) is 0 Å². The number of hydrogen-bond acceptors (Lipinski definition) is 5. The molecule has 1 aromatic rings. The lowest BCUT2D eigenvalue weighted by Crippen LogP contribution is -2.48. The molecule has 0 spiro atoms. The van der Waals surface area contributed by atoms with Crippen molar-refractivity contribution in [3.63, 3.8) is 0 Å². The van der Waals surface area contributed by atoms with Crippen molar-refractivity contribution in [1.29, 1.82) is 0 Å². The number of carbonyl (C=O) groups excluding carboxylic acids is 1. The van der Waals surface area contributed by atoms with Crippen molar-refractivity contribution in [2.75, 3.05) is 12.9 Å². The molecule has 1 fully saturated rings. The van der Waals surface area contributed by atoms with Gasteiger partial charge in [-0.2, -0.15) is 0 Å². The zero-order valence-corrected chi connectivity index (χ0v) is 13.9. The molecule has 1 aliphatic rings. The second-order valence-electron chi connectivity index (χ2n) is 5.93. The summed E-state index contributed by atoms with van der Waals surface area (Å²) in [7, 11) is -3.44. The molecule has 22 heavy (non-hydrogen) atoms. The Labute approximate surface area is 130 Å². The maximum absolute atomic E-state index is 12.0. The highest BCUT2D eigenvalue weighted by molar-refractivity contribution is 7.90. The third kappa shape index (κ3) is 2.88. The molecule has 1 saturated heterocycles. The summed E-state index contributed by atoms with van der Waals surface area (Å²) in [5.41, 5.74) is -0.463. The average molecular weight is 327 g/mol. The van der Waals surface area contributed by atoms with E-state index >= 15 is 0 Å². The highest BCUT2D eigenvalue weighted by atomic mass is 32.2. The number of carbonyl (C=O) groups is 1. The fourth-order valence-electron chi connectivity index (χ4n) is 3.09. The summed E-state index contributed by atoms with van der Waals surface area (Å²) in [4.78, 5) is 13.5. The molecule has 0 radical (unpaired) electrons. The largest absolute Gasteiger partial charge is 0.394 e. The quantitative estimate of drug-likeness (QED) is 0.899. The van der Waals surface area contributed by atoms with Crippen molar-refractivity contribution in [2.45, 2.75) is 43.5 Å². The number of benzene rings is 1. The van der Waals surface area contributed by atoms with E-state index in [2.05, 4.69) is 0 Å². The second-order valence-corrected chi connectivity index (χ2v) is 7.92. The highest BCUT2D eigenvalue weighted by Gasteiger charge is 2.49. The number of amides is 1. The van der Waals surface area contributed by atoms with Crippen LogP contribution in [0.3, 0.4) is 0 Å². The van der Waals surface area contributed by atoms with Crippen molar-refractivity contribution < 1.29 is 23.1 Å². The normalized spacial score (nSPS) is 24.5. The van der Waals surface area contributed by atoms with Gasteiger partial charge in [-0.3, -0.25) is 4.79 Å². The number of nitrogens with zero attached hydrogens (tertiary/aromatic N) is 1. The van der Waals surface area contributed by atoms with Crippen LogP contribution in [-0.2, 0) is 19.4 Å². The molecule has 0 bridgehead atoms. The first-order valence-electron chi connectivity index (χ1n) is 6.97. The molecule has 1 aliphatic heterocycles. The molecule has 1 aromatic carbocycles. The van der Waals surface area contributed by atoms with Crippen LogP contribution in [0.1, 0.15) is 32.4 Å². The van der Waals surface area contributed by atoms with Crippen LogP contribution < -0.4 is 0 Å². The predicted octanol–water partition coefficient (Wildman–Crippen LogP) is 1.11. The van der Waals surface area contributed by atoms with E-state index in [-0.39, 0.29) is 17.4 Å². The molecule has 1 amide bonds. The Bertz CT molecular complexity index is 683. The zero-order valence-electron chi connectivity index (χ0n) is 13.1. The molecular weight excluding hydrogens is 306 g/mol. The van der Waals surface area contributed by atoms with Gasteiger partial charge in [-0.05, 0) is 19.9 Å². The molecule has 1 N–H and O–H groups in total. The number of ether oxygens (including phenoxy) is 1. The van der Waals surface area contributed by atoms with E-state index in [4.69, 9.17) is 4.74 Å². The Hall–Kier alpha value is -1.44. The standard InChI is InChI=1S/C15H21NO5S/c1-10(18)16-12(9-17)14(21-15(16,2)3)11-7-5-6-8-13(11)22(4,19)20/h5-8,12,14,17H,9H2,1-4H3. The molecule has 2 unspecified atom stereocenters. The van der Waals surface area contributed by atoms with Gasteiger partial charge < -0.3 is 14.7 Å². The minimum atomic E-state index is -3.44. The Balaban J connectivity index is 2.57. The highest BCUT2D eigenvalue weighted by Crippen LogP contribution is 2.42. The molecular formula is C15H21NO5S. The van der Waals surface area contributed by atoms with Gasteiger partial charge in [0.2, 0.25) is 5.91 Å². The van der Waals surface area contributed by atoms with Crippen LogP contribution in [0, 0.1) is 0 Å². The summed E-state index contributed by atoms with van der Waals surface area (Å²) in [6, 6.07) is 5.88. The van der Waals surface area contributed by atoms with Crippen LogP contribution >= 0.6 is 0 Å². The Morgan fingerprint density at radius 3 is 2.45 bits per heavy atom. The van der Waals surface area contributed by atoms with Gasteiger partial charge in [-0.1, -0.05) is 18.2 Å². The Morgan fingerprint density at radius 1 is 1.36 bits per heavy atom. The number of aliphatic hydroxyl groups is 1. The lowest BCUT2D eigenvalue weighted by atomic mass is 10.0. The van der Waals surface area contributed by atoms with Crippen LogP contribution in [0.25, 0.3) is 0 Å². The smallest absolute Gasteiger partial charge is 0.222 e. The van der Waals surface area contributed by atoms with Gasteiger partial charge in [0, 0.05) is 18.7 Å². The predicted molar refractivity (Wildman–Crippen MR) is 80.9 cm³/mol. The molecule has 1 heterocycles. The van der Waals surface area contributed by atoms with Gasteiger partial charge >= 0.3 is 0 Å². The topological polar surface area (TPSA) is 83.9 Å². The summed E-state index contributed by atoms with van der Waals surface area (Å²) < 4.78 is 29.9. The van der Waals surface area contributed by atoms with Crippen LogP contribution in [0.15, 0.2) is 29.2 Å². The van der Waals surface area contributed by atoms with Crippen molar-refractivity contribution >= 4 is 15.7 Å². The lowest BCUT2D eigenvalue weighted by Gasteiger charge is -2.31. The first-order valence-corrected chi connectivity index (χ1v) is 8.86. The molecule has 0 aliphatic carbocycles. The number of hydrogen-bond donors (Lipinski definition) is 1. The average Bonchev–Trinajstić information content (AvgIpc) is 2.68. The number of sulfone groups is 1. The van der Waals surface area contributed by atoms with E-state index in [0.717, 1.165) is 6.26 Å². The minimum absolute atomic E-state index is 0.152. The van der Waals surface area contributed by atoms with Gasteiger partial charge in [-0.15, -0.1) is 0 Å². The fraction of sp³-hybridized carbons (Fsp3) is 0.533. The third-order valence-electron chi connectivity index (χ3n) is 3.83. The van der Waals surface area contributed by atoms with E-state index < -0.39 is 27.7 Å². The first-order chi connectivity index (χ1) is 10.1. The van der Waals surface area contributed by atoms with Gasteiger partial charge in [0.1, 0.15) is 11.8 Å². The van der Waals surface area contributed by atoms with E-state index in [0.29, 0.717) is 5.56 Å². The molecule has 122 valence electrons. The summed E-state index contributed by atoms with van der Waals surface area (Å²) in [5.74, 6) is -0.233. The van der Waals surface area contributed by atoms with Crippen molar-refractivity contribution in [2.24, 2.45) is 0 Å². The third-order valence-corrected chi connectivity index (χ3v) is 5.00. The first kappa shape index (κ1) is 16.9. The Kier molecular flexibility index (Phi) is 4.34. The maximum Gasteiger partial charge on any atom is 0.222 e. The number of aliphatic hydroxyl groups excluding tert-OH is 1. The van der Waals surface area contributed by atoms with Crippen LogP contribution in [0.2, 0.25) is 0 Å². The van der Waals surface area contributed by atoms with Crippen molar-refractivity contribution in [1.82, 2.24) is 4.90 Å². The molecule has 7 heteroatoms. The molecule has 0 aromatic heterocycles. The zero-order chi connectivity index (χ0) is 16.7. The van der Waals surface area contributed by atoms with Crippen LogP contribution in [-0.4, -0.2) is 49.0 Å². The van der Waals surface area contributed by atoms with Gasteiger partial charge in [0.05, 0.1) is 17.5 Å². The summed E-state index contributed by atoms with van der Waals surface area (Å²) >= 11 is 0. The van der Waals surface area contributed by atoms with Gasteiger partial charge in [0.15, 0.2) is 9.84 Å². The summed E-state index contributed by atoms with van der Waals surface area (Å²) in [6.07, 6.45) is 0.428. The second kappa shape index (κ2) is 5.64. The van der Waals surface area contributed by atoms with Crippen molar-refractivity contribution in [3.05, 3.63) is 29.8 Å². The summed E-state index contributed by atoms with van der Waals surface area (Å²) in [5, 5.41) is 9.72. The van der Waals surface area contributed by atoms with Gasteiger partial charge in [-0.25, -0.2) is 8.42 Å². The SMILES string of the molecule is CC(=O)N1C(CO)C(c2ccccc2S(C)(=O)=O)OC1(C)C. The summed E-state index contributed by atoms with van der Waals surface area (Å²) in [6.45, 7) is 4.53. The van der Waals surface area contributed by atoms with Crippen LogP contribution in [0.4, 0.5) is 0 Å². The Morgan fingerprint density at radius 2 is 1.95 bits per heavy atom. The molecule has 0 saturated carbocycles. The minimum Gasteiger partial charge on any atom is -0.394 e. The van der Waals surface area contributed by atoms with E-state index in [1.54, 1.807) is 32.0 Å². The van der Waals surface area contributed by atoms with E-state index in [1.165, 1.54) is 17.9 Å². The van der Waals surface area contributed by atoms with E-state index in [9.17, 15) is 18.3 Å². The monoisotopic (exact) mass is 327 g/mol. The van der Waals surface area contributed by atoms with E-state index in [1.807, 2.05) is 0 Å². The molecule has 2 rings (SSSR count). The van der Waals surface area contributed by atoms with Crippen LogP contribution in [0.5, 0.6) is 0 Å². The molecule has 2 atom stereocenters. The molecule has 6 nitrogen and oxygen atoms in total. The maximum atomic E-state index is 12.0. The van der Waals surface area contributed by atoms with Crippen molar-refractivity contribution in [3.8, 4) is 0 Å². The number of rotatable bonds is 3. The fourth-order valence-corrected chi connectivity index (χ4v) is 4.03. The lowest BCUT2D eigenvalue weighted by molar-refractivity contribution is -0.145.